The van der Waals surface area contributed by atoms with E-state index in [0.29, 0.717) is 16.5 Å². The summed E-state index contributed by atoms with van der Waals surface area (Å²) in [6, 6.07) is 4.96. The van der Waals surface area contributed by atoms with Gasteiger partial charge in [0.05, 0.1) is 12.3 Å². The highest BCUT2D eigenvalue weighted by molar-refractivity contribution is 6.30. The predicted molar refractivity (Wildman–Crippen MR) is 48.4 cm³/mol. The zero-order chi connectivity index (χ0) is 8.97. The van der Waals surface area contributed by atoms with Crippen molar-refractivity contribution in [2.45, 2.75) is 0 Å². The molecule has 0 spiro atoms. The zero-order valence-electron chi connectivity index (χ0n) is 6.46. The van der Waals surface area contributed by atoms with E-state index in [4.69, 9.17) is 27.2 Å². The minimum Gasteiger partial charge on any atom is -0.489 e. The number of nitrogen functional groups attached to an aromatic ring is 1. The van der Waals surface area contributed by atoms with Crippen molar-refractivity contribution in [3.8, 4) is 5.75 Å². The number of benzene rings is 1. The number of aliphatic hydroxyl groups is 1. The van der Waals surface area contributed by atoms with Crippen LogP contribution in [0, 0.1) is 0 Å². The number of halogens is 1. The molecule has 0 saturated heterocycles. The smallest absolute Gasteiger partial charge is 0.143 e. The summed E-state index contributed by atoms with van der Waals surface area (Å²) in [5.41, 5.74) is 6.09. The minimum atomic E-state index is -0.0358. The van der Waals surface area contributed by atoms with Gasteiger partial charge in [0, 0.05) is 11.1 Å². The molecule has 0 amide bonds. The summed E-state index contributed by atoms with van der Waals surface area (Å²) in [5, 5.41) is 9.06. The van der Waals surface area contributed by atoms with Crippen molar-refractivity contribution in [1.29, 1.82) is 0 Å². The van der Waals surface area contributed by atoms with Gasteiger partial charge in [-0.1, -0.05) is 11.6 Å². The topological polar surface area (TPSA) is 55.5 Å². The molecule has 1 aromatic rings. The summed E-state index contributed by atoms with van der Waals surface area (Å²) >= 11 is 5.70. The van der Waals surface area contributed by atoms with Gasteiger partial charge in [0.1, 0.15) is 12.4 Å². The van der Waals surface area contributed by atoms with Gasteiger partial charge in [0.2, 0.25) is 0 Å². The van der Waals surface area contributed by atoms with Crippen LogP contribution in [-0.2, 0) is 0 Å². The highest BCUT2D eigenvalue weighted by Gasteiger charge is 1.99. The zero-order valence-corrected chi connectivity index (χ0v) is 7.21. The van der Waals surface area contributed by atoms with Gasteiger partial charge >= 0.3 is 0 Å². The quantitative estimate of drug-likeness (QED) is 0.702. The predicted octanol–water partition coefficient (Wildman–Crippen LogP) is 1.29. The van der Waals surface area contributed by atoms with E-state index in [1.807, 2.05) is 0 Å². The number of ether oxygens (including phenoxy) is 1. The first kappa shape index (κ1) is 9.16. The van der Waals surface area contributed by atoms with E-state index in [9.17, 15) is 0 Å². The Balaban J connectivity index is 2.75. The first-order valence-electron chi connectivity index (χ1n) is 3.52. The number of aliphatic hydroxyl groups excluding tert-OH is 1. The van der Waals surface area contributed by atoms with Crippen LogP contribution < -0.4 is 10.5 Å². The second kappa shape index (κ2) is 4.18. The lowest BCUT2D eigenvalue weighted by atomic mass is 10.3. The number of hydrogen-bond acceptors (Lipinski definition) is 3. The van der Waals surface area contributed by atoms with Crippen molar-refractivity contribution in [2.75, 3.05) is 18.9 Å². The van der Waals surface area contributed by atoms with E-state index < -0.39 is 0 Å². The molecule has 0 aliphatic carbocycles. The van der Waals surface area contributed by atoms with E-state index in [1.54, 1.807) is 18.2 Å². The van der Waals surface area contributed by atoms with Gasteiger partial charge in [-0.15, -0.1) is 0 Å². The van der Waals surface area contributed by atoms with Crippen LogP contribution in [0.5, 0.6) is 5.75 Å². The first-order valence-corrected chi connectivity index (χ1v) is 3.90. The van der Waals surface area contributed by atoms with Gasteiger partial charge in [-0.05, 0) is 12.1 Å². The van der Waals surface area contributed by atoms with Crippen molar-refractivity contribution in [1.82, 2.24) is 0 Å². The molecule has 1 rings (SSSR count). The number of hydrogen-bond donors (Lipinski definition) is 2. The summed E-state index contributed by atoms with van der Waals surface area (Å²) < 4.78 is 5.11. The molecule has 0 saturated carbocycles. The Bertz CT molecular complexity index is 265. The van der Waals surface area contributed by atoms with Crippen molar-refractivity contribution in [2.24, 2.45) is 0 Å². The third-order valence-electron chi connectivity index (χ3n) is 1.32. The molecular weight excluding hydrogens is 178 g/mol. The molecule has 1 aromatic carbocycles. The summed E-state index contributed by atoms with van der Waals surface area (Å²) in [5.74, 6) is 0.511. The Kier molecular flexibility index (Phi) is 3.19. The monoisotopic (exact) mass is 187 g/mol. The average Bonchev–Trinajstić information content (AvgIpc) is 2.07. The van der Waals surface area contributed by atoms with Crippen LogP contribution >= 0.6 is 11.6 Å². The minimum absolute atomic E-state index is 0.0358. The highest BCUT2D eigenvalue weighted by Crippen LogP contribution is 2.24. The summed E-state index contributed by atoms with van der Waals surface area (Å²) in [4.78, 5) is 0. The molecule has 12 heavy (non-hydrogen) atoms. The second-order valence-electron chi connectivity index (χ2n) is 2.25. The van der Waals surface area contributed by atoms with Crippen molar-refractivity contribution in [3.63, 3.8) is 0 Å². The number of anilines is 1. The van der Waals surface area contributed by atoms with Gasteiger partial charge in [0.25, 0.3) is 0 Å². The van der Waals surface area contributed by atoms with Crippen LogP contribution in [0.3, 0.4) is 0 Å². The molecule has 0 aliphatic heterocycles. The Hall–Kier alpha value is -0.930. The summed E-state index contributed by atoms with van der Waals surface area (Å²) in [6.07, 6.45) is 0. The maximum absolute atomic E-state index is 8.49. The molecule has 0 unspecified atom stereocenters. The maximum atomic E-state index is 8.49. The summed E-state index contributed by atoms with van der Waals surface area (Å²) in [7, 11) is 0. The number of rotatable bonds is 3. The van der Waals surface area contributed by atoms with Crippen molar-refractivity contribution in [3.05, 3.63) is 23.2 Å². The Morgan fingerprint density at radius 1 is 1.50 bits per heavy atom. The van der Waals surface area contributed by atoms with Crippen LogP contribution in [0.15, 0.2) is 18.2 Å². The first-order chi connectivity index (χ1) is 5.74. The molecule has 0 radical (unpaired) electrons. The molecule has 0 aliphatic rings. The van der Waals surface area contributed by atoms with E-state index in [2.05, 4.69) is 0 Å². The standard InChI is InChI=1S/C8H10ClNO2/c9-6-1-2-7(10)8(5-6)12-4-3-11/h1-2,5,11H,3-4,10H2. The SMILES string of the molecule is Nc1ccc(Cl)cc1OCCO. The fourth-order valence-corrected chi connectivity index (χ4v) is 0.951. The molecule has 0 heterocycles. The Labute approximate surface area is 75.7 Å². The largest absolute Gasteiger partial charge is 0.489 e. The Morgan fingerprint density at radius 3 is 2.92 bits per heavy atom. The average molecular weight is 188 g/mol. The molecule has 0 fully saturated rings. The van der Waals surface area contributed by atoms with E-state index >= 15 is 0 Å². The molecule has 0 bridgehead atoms. The normalized spacial score (nSPS) is 9.83. The third-order valence-corrected chi connectivity index (χ3v) is 1.56. The molecule has 4 heteroatoms. The van der Waals surface area contributed by atoms with Gasteiger partial charge in [-0.3, -0.25) is 0 Å². The third kappa shape index (κ3) is 2.29. The van der Waals surface area contributed by atoms with Crippen LogP contribution in [0.2, 0.25) is 5.02 Å². The number of nitrogens with two attached hydrogens (primary N) is 1. The molecule has 0 atom stereocenters. The van der Waals surface area contributed by atoms with Crippen LogP contribution in [0.1, 0.15) is 0 Å². The van der Waals surface area contributed by atoms with E-state index in [0.717, 1.165) is 0 Å². The molecular formula is C8H10ClNO2. The molecule has 66 valence electrons. The lowest BCUT2D eigenvalue weighted by Gasteiger charge is -2.06. The van der Waals surface area contributed by atoms with Crippen molar-refractivity contribution < 1.29 is 9.84 Å². The van der Waals surface area contributed by atoms with Gasteiger partial charge in [-0.2, -0.15) is 0 Å². The molecule has 3 nitrogen and oxygen atoms in total. The Morgan fingerprint density at radius 2 is 2.25 bits per heavy atom. The molecule has 3 N–H and O–H groups in total. The lowest BCUT2D eigenvalue weighted by Crippen LogP contribution is -2.03. The van der Waals surface area contributed by atoms with E-state index in [1.165, 1.54) is 0 Å². The van der Waals surface area contributed by atoms with Gasteiger partial charge < -0.3 is 15.6 Å². The lowest BCUT2D eigenvalue weighted by molar-refractivity contribution is 0.202. The second-order valence-corrected chi connectivity index (χ2v) is 2.69. The van der Waals surface area contributed by atoms with Crippen LogP contribution in [0.25, 0.3) is 0 Å². The fraction of sp³-hybridized carbons (Fsp3) is 0.250. The highest BCUT2D eigenvalue weighted by atomic mass is 35.5. The van der Waals surface area contributed by atoms with Gasteiger partial charge in [0.15, 0.2) is 0 Å². The van der Waals surface area contributed by atoms with Crippen LogP contribution in [-0.4, -0.2) is 18.3 Å². The van der Waals surface area contributed by atoms with Gasteiger partial charge in [-0.25, -0.2) is 0 Å². The maximum Gasteiger partial charge on any atom is 0.143 e. The van der Waals surface area contributed by atoms with Crippen molar-refractivity contribution >= 4 is 17.3 Å². The fourth-order valence-electron chi connectivity index (χ4n) is 0.789. The molecule has 0 aromatic heterocycles. The van der Waals surface area contributed by atoms with Crippen LogP contribution in [0.4, 0.5) is 5.69 Å². The summed E-state index contributed by atoms with van der Waals surface area (Å²) in [6.45, 7) is 0.191. The van der Waals surface area contributed by atoms with E-state index in [-0.39, 0.29) is 13.2 Å².